The van der Waals surface area contributed by atoms with Gasteiger partial charge in [0.25, 0.3) is 0 Å². The molecule has 19 heavy (non-hydrogen) atoms. The Balaban J connectivity index is 2.01. The van der Waals surface area contributed by atoms with Gasteiger partial charge in [-0.3, -0.25) is 4.98 Å². The molecule has 0 spiro atoms. The number of nitrogens with one attached hydrogen (secondary N) is 2. The Labute approximate surface area is 112 Å². The molecule has 0 amide bonds. The van der Waals surface area contributed by atoms with E-state index >= 15 is 0 Å². The highest BCUT2D eigenvalue weighted by Gasteiger charge is 2.01. The third-order valence-corrected chi connectivity index (χ3v) is 2.51. The Hall–Kier alpha value is -2.21. The summed E-state index contributed by atoms with van der Waals surface area (Å²) in [4.78, 5) is 12.6. The molecule has 0 saturated heterocycles. The molecule has 0 aliphatic rings. The minimum absolute atomic E-state index is 0.572. The number of pyridine rings is 1. The van der Waals surface area contributed by atoms with Gasteiger partial charge < -0.3 is 16.4 Å². The summed E-state index contributed by atoms with van der Waals surface area (Å²) >= 11 is 0. The average Bonchev–Trinajstić information content (AvgIpc) is 2.43. The van der Waals surface area contributed by atoms with Crippen LogP contribution in [0.2, 0.25) is 0 Å². The first kappa shape index (κ1) is 13.2. The molecular weight excluding hydrogens is 240 g/mol. The summed E-state index contributed by atoms with van der Waals surface area (Å²) < 4.78 is 0. The molecule has 0 aromatic carbocycles. The predicted molar refractivity (Wildman–Crippen MR) is 75.9 cm³/mol. The van der Waals surface area contributed by atoms with Crippen molar-refractivity contribution in [2.75, 3.05) is 23.7 Å². The molecule has 6 nitrogen and oxygen atoms in total. The van der Waals surface area contributed by atoms with E-state index in [-0.39, 0.29) is 0 Å². The summed E-state index contributed by atoms with van der Waals surface area (Å²) in [6.45, 7) is 3.84. The Morgan fingerprint density at radius 2 is 1.79 bits per heavy atom. The second-order valence-electron chi connectivity index (χ2n) is 4.11. The predicted octanol–water partition coefficient (Wildman–Crippen LogP) is 1.16. The highest BCUT2D eigenvalue weighted by molar-refractivity contribution is 5.47. The Morgan fingerprint density at radius 1 is 1.11 bits per heavy atom. The molecule has 0 atom stereocenters. The van der Waals surface area contributed by atoms with E-state index in [1.54, 1.807) is 12.4 Å². The number of nitrogens with two attached hydrogens (primary N) is 1. The van der Waals surface area contributed by atoms with Crippen molar-refractivity contribution in [3.63, 3.8) is 0 Å². The van der Waals surface area contributed by atoms with E-state index in [2.05, 4.69) is 25.6 Å². The van der Waals surface area contributed by atoms with Crippen LogP contribution in [0.25, 0.3) is 0 Å². The normalized spacial score (nSPS) is 10.2. The average molecular weight is 258 g/mol. The van der Waals surface area contributed by atoms with Crippen molar-refractivity contribution in [2.45, 2.75) is 13.5 Å². The van der Waals surface area contributed by atoms with Gasteiger partial charge in [-0.1, -0.05) is 0 Å². The summed E-state index contributed by atoms with van der Waals surface area (Å²) in [5.74, 6) is 2.30. The molecule has 0 aliphatic heterocycles. The van der Waals surface area contributed by atoms with Crippen LogP contribution in [0, 0.1) is 6.92 Å². The first-order chi connectivity index (χ1) is 9.28. The lowest BCUT2D eigenvalue weighted by atomic mass is 10.3. The lowest BCUT2D eigenvalue weighted by Gasteiger charge is -2.09. The number of hydrogen-bond donors (Lipinski definition) is 3. The summed E-state index contributed by atoms with van der Waals surface area (Å²) in [5, 5.41) is 6.42. The fraction of sp³-hybridized carbons (Fsp3) is 0.308. The topological polar surface area (TPSA) is 88.8 Å². The van der Waals surface area contributed by atoms with E-state index in [0.717, 1.165) is 23.0 Å². The van der Waals surface area contributed by atoms with Gasteiger partial charge >= 0.3 is 0 Å². The molecule has 2 aromatic rings. The molecule has 4 N–H and O–H groups in total. The van der Waals surface area contributed by atoms with Gasteiger partial charge in [-0.05, 0) is 24.6 Å². The van der Waals surface area contributed by atoms with E-state index in [9.17, 15) is 0 Å². The van der Waals surface area contributed by atoms with Crippen LogP contribution in [-0.4, -0.2) is 28.0 Å². The third kappa shape index (κ3) is 4.18. The first-order valence-electron chi connectivity index (χ1n) is 6.20. The fourth-order valence-corrected chi connectivity index (χ4v) is 1.64. The van der Waals surface area contributed by atoms with Crippen LogP contribution in [0.4, 0.5) is 11.6 Å². The highest BCUT2D eigenvalue weighted by atomic mass is 15.1. The van der Waals surface area contributed by atoms with Crippen LogP contribution in [0.1, 0.15) is 11.4 Å². The Morgan fingerprint density at radius 3 is 2.47 bits per heavy atom. The van der Waals surface area contributed by atoms with E-state index in [0.29, 0.717) is 19.6 Å². The molecule has 0 saturated carbocycles. The largest absolute Gasteiger partial charge is 0.369 e. The molecule has 0 bridgehead atoms. The van der Waals surface area contributed by atoms with Crippen LogP contribution in [0.15, 0.2) is 30.6 Å². The third-order valence-electron chi connectivity index (χ3n) is 2.51. The van der Waals surface area contributed by atoms with Gasteiger partial charge in [0, 0.05) is 38.1 Å². The molecule has 0 radical (unpaired) electrons. The first-order valence-corrected chi connectivity index (χ1v) is 6.20. The van der Waals surface area contributed by atoms with E-state index < -0.39 is 0 Å². The van der Waals surface area contributed by atoms with E-state index in [1.165, 1.54) is 0 Å². The zero-order valence-corrected chi connectivity index (χ0v) is 10.9. The van der Waals surface area contributed by atoms with Crippen molar-refractivity contribution in [3.8, 4) is 0 Å². The van der Waals surface area contributed by atoms with Gasteiger partial charge in [-0.15, -0.1) is 0 Å². The maximum atomic E-state index is 5.46. The smallest absolute Gasteiger partial charge is 0.132 e. The lowest BCUT2D eigenvalue weighted by molar-refractivity contribution is 0.978. The van der Waals surface area contributed by atoms with E-state index in [4.69, 9.17) is 5.73 Å². The zero-order chi connectivity index (χ0) is 13.5. The number of nitrogens with zero attached hydrogens (tertiary/aromatic N) is 3. The molecule has 2 rings (SSSR count). The highest BCUT2D eigenvalue weighted by Crippen LogP contribution is 2.12. The maximum Gasteiger partial charge on any atom is 0.132 e. The molecule has 2 heterocycles. The van der Waals surface area contributed by atoms with Crippen molar-refractivity contribution in [1.29, 1.82) is 0 Å². The number of hydrogen-bond acceptors (Lipinski definition) is 6. The number of anilines is 2. The molecule has 2 aromatic heterocycles. The second kappa shape index (κ2) is 6.65. The SMILES string of the molecule is Cc1nc(NCCN)cc(NCc2ccncc2)n1. The summed E-state index contributed by atoms with van der Waals surface area (Å²) in [7, 11) is 0. The summed E-state index contributed by atoms with van der Waals surface area (Å²) in [6.07, 6.45) is 3.55. The molecule has 6 heteroatoms. The monoisotopic (exact) mass is 258 g/mol. The molecular formula is C13H18N6. The van der Waals surface area contributed by atoms with Gasteiger partial charge in [0.05, 0.1) is 0 Å². The molecule has 0 unspecified atom stereocenters. The van der Waals surface area contributed by atoms with Gasteiger partial charge in [0.15, 0.2) is 0 Å². The van der Waals surface area contributed by atoms with Crippen LogP contribution in [0.5, 0.6) is 0 Å². The van der Waals surface area contributed by atoms with E-state index in [1.807, 2.05) is 25.1 Å². The molecule has 100 valence electrons. The van der Waals surface area contributed by atoms with Gasteiger partial charge in [-0.2, -0.15) is 0 Å². The number of aryl methyl sites for hydroxylation is 1. The number of aromatic nitrogens is 3. The number of rotatable bonds is 6. The maximum absolute atomic E-state index is 5.46. The van der Waals surface area contributed by atoms with Crippen LogP contribution in [-0.2, 0) is 6.54 Å². The second-order valence-corrected chi connectivity index (χ2v) is 4.11. The molecule has 0 aliphatic carbocycles. The van der Waals surface area contributed by atoms with Gasteiger partial charge in [0.1, 0.15) is 17.5 Å². The van der Waals surface area contributed by atoms with Crippen LogP contribution < -0.4 is 16.4 Å². The Kier molecular flexibility index (Phi) is 4.63. The van der Waals surface area contributed by atoms with Gasteiger partial charge in [0.2, 0.25) is 0 Å². The quantitative estimate of drug-likeness (QED) is 0.720. The standard InChI is InChI=1S/C13H18N6/c1-10-18-12(16-7-4-14)8-13(19-10)17-9-11-2-5-15-6-3-11/h2-3,5-6,8H,4,7,9,14H2,1H3,(H2,16,17,18,19). The van der Waals surface area contributed by atoms with Gasteiger partial charge in [-0.25, -0.2) is 9.97 Å². The Bertz CT molecular complexity index is 514. The minimum Gasteiger partial charge on any atom is -0.369 e. The van der Waals surface area contributed by atoms with Crippen LogP contribution in [0.3, 0.4) is 0 Å². The van der Waals surface area contributed by atoms with Crippen molar-refractivity contribution in [2.24, 2.45) is 5.73 Å². The summed E-state index contributed by atoms with van der Waals surface area (Å²) in [5.41, 5.74) is 6.62. The van der Waals surface area contributed by atoms with Crippen molar-refractivity contribution < 1.29 is 0 Å². The lowest BCUT2D eigenvalue weighted by Crippen LogP contribution is -2.14. The van der Waals surface area contributed by atoms with Crippen molar-refractivity contribution in [1.82, 2.24) is 15.0 Å². The summed E-state index contributed by atoms with van der Waals surface area (Å²) in [6, 6.07) is 5.81. The zero-order valence-electron chi connectivity index (χ0n) is 10.9. The minimum atomic E-state index is 0.572. The van der Waals surface area contributed by atoms with Crippen molar-refractivity contribution >= 4 is 11.6 Å². The van der Waals surface area contributed by atoms with Crippen molar-refractivity contribution in [3.05, 3.63) is 42.0 Å². The van der Waals surface area contributed by atoms with Crippen LogP contribution >= 0.6 is 0 Å². The fourth-order valence-electron chi connectivity index (χ4n) is 1.64. The molecule has 0 fully saturated rings.